The lowest BCUT2D eigenvalue weighted by Crippen LogP contribution is -2.09. The third-order valence-corrected chi connectivity index (χ3v) is 3.84. The Morgan fingerprint density at radius 3 is 2.68 bits per heavy atom. The van der Waals surface area contributed by atoms with Crippen molar-refractivity contribution in [3.63, 3.8) is 0 Å². The smallest absolute Gasteiger partial charge is 0.267 e. The lowest BCUT2D eigenvalue weighted by atomic mass is 10.2. The van der Waals surface area contributed by atoms with Gasteiger partial charge in [0.2, 0.25) is 0 Å². The zero-order chi connectivity index (χ0) is 13.7. The van der Waals surface area contributed by atoms with E-state index in [0.29, 0.717) is 17.9 Å². The Kier molecular flexibility index (Phi) is 4.34. The van der Waals surface area contributed by atoms with Crippen LogP contribution >= 0.6 is 0 Å². The number of nitrogens with zero attached hydrogens (tertiary/aromatic N) is 1. The van der Waals surface area contributed by atoms with E-state index in [1.807, 2.05) is 30.3 Å². The topological polar surface area (TPSA) is 69.4 Å². The molecule has 102 valence electrons. The maximum absolute atomic E-state index is 11.4. The summed E-state index contributed by atoms with van der Waals surface area (Å²) in [5.41, 5.74) is 1.34. The van der Waals surface area contributed by atoms with E-state index in [-0.39, 0.29) is 12.4 Å². The van der Waals surface area contributed by atoms with E-state index >= 15 is 0 Å². The SMILES string of the molecule is CCCS(=O)(=O)OCc1cc(-c2ccccc2)on1. The summed E-state index contributed by atoms with van der Waals surface area (Å²) in [5.74, 6) is 0.600. The Morgan fingerprint density at radius 1 is 1.26 bits per heavy atom. The highest BCUT2D eigenvalue weighted by Crippen LogP contribution is 2.20. The molecule has 0 N–H and O–H groups in total. The molecular formula is C13H15NO4S. The normalized spacial score (nSPS) is 11.6. The molecule has 1 aromatic carbocycles. The summed E-state index contributed by atoms with van der Waals surface area (Å²) < 4.78 is 32.8. The molecule has 0 saturated carbocycles. The highest BCUT2D eigenvalue weighted by atomic mass is 32.2. The summed E-state index contributed by atoms with van der Waals surface area (Å²) in [5, 5.41) is 3.79. The summed E-state index contributed by atoms with van der Waals surface area (Å²) in [6.07, 6.45) is 0.524. The van der Waals surface area contributed by atoms with Crippen molar-refractivity contribution in [2.75, 3.05) is 5.75 Å². The maximum atomic E-state index is 11.4. The van der Waals surface area contributed by atoms with Gasteiger partial charge in [0, 0.05) is 11.6 Å². The predicted molar refractivity (Wildman–Crippen MR) is 70.8 cm³/mol. The number of hydrogen-bond donors (Lipinski definition) is 0. The van der Waals surface area contributed by atoms with Crippen molar-refractivity contribution < 1.29 is 17.1 Å². The van der Waals surface area contributed by atoms with Gasteiger partial charge in [0.05, 0.1) is 5.75 Å². The third-order valence-electron chi connectivity index (χ3n) is 2.46. The molecule has 0 spiro atoms. The average Bonchev–Trinajstić information content (AvgIpc) is 2.86. The largest absolute Gasteiger partial charge is 0.356 e. The van der Waals surface area contributed by atoms with Gasteiger partial charge in [0.25, 0.3) is 10.1 Å². The summed E-state index contributed by atoms with van der Waals surface area (Å²) in [6.45, 7) is 1.68. The van der Waals surface area contributed by atoms with Crippen molar-refractivity contribution in [2.45, 2.75) is 20.0 Å². The first kappa shape index (κ1) is 13.8. The Bertz CT molecular complexity index is 619. The van der Waals surface area contributed by atoms with Crippen molar-refractivity contribution in [3.05, 3.63) is 42.1 Å². The van der Waals surface area contributed by atoms with E-state index in [4.69, 9.17) is 8.71 Å². The second kappa shape index (κ2) is 5.99. The first-order chi connectivity index (χ1) is 9.11. The molecular weight excluding hydrogens is 266 g/mol. The van der Waals surface area contributed by atoms with E-state index in [1.165, 1.54) is 0 Å². The van der Waals surface area contributed by atoms with Crippen LogP contribution in [0.25, 0.3) is 11.3 Å². The first-order valence-corrected chi connectivity index (χ1v) is 7.56. The van der Waals surface area contributed by atoms with Crippen LogP contribution in [0.4, 0.5) is 0 Å². The van der Waals surface area contributed by atoms with Crippen LogP contribution in [0.1, 0.15) is 19.0 Å². The molecule has 0 radical (unpaired) electrons. The van der Waals surface area contributed by atoms with Gasteiger partial charge >= 0.3 is 0 Å². The van der Waals surface area contributed by atoms with Gasteiger partial charge in [-0.15, -0.1) is 0 Å². The van der Waals surface area contributed by atoms with Gasteiger partial charge in [0.1, 0.15) is 12.3 Å². The van der Waals surface area contributed by atoms with E-state index in [1.54, 1.807) is 13.0 Å². The highest BCUT2D eigenvalue weighted by Gasteiger charge is 2.12. The highest BCUT2D eigenvalue weighted by molar-refractivity contribution is 7.86. The van der Waals surface area contributed by atoms with Crippen molar-refractivity contribution in [2.24, 2.45) is 0 Å². The minimum absolute atomic E-state index is 0.0103. The molecule has 2 aromatic rings. The van der Waals surface area contributed by atoms with Crippen LogP contribution in [-0.2, 0) is 20.9 Å². The zero-order valence-electron chi connectivity index (χ0n) is 10.6. The van der Waals surface area contributed by atoms with E-state index < -0.39 is 10.1 Å². The molecule has 0 aliphatic carbocycles. The number of benzene rings is 1. The Balaban J connectivity index is 2.03. The summed E-state index contributed by atoms with van der Waals surface area (Å²) in [7, 11) is -3.47. The average molecular weight is 281 g/mol. The molecule has 6 heteroatoms. The van der Waals surface area contributed by atoms with Gasteiger partial charge in [-0.05, 0) is 6.42 Å². The van der Waals surface area contributed by atoms with Gasteiger partial charge < -0.3 is 4.52 Å². The van der Waals surface area contributed by atoms with E-state index in [0.717, 1.165) is 5.56 Å². The molecule has 19 heavy (non-hydrogen) atoms. The number of rotatable bonds is 6. The molecule has 1 aromatic heterocycles. The molecule has 0 bridgehead atoms. The molecule has 0 saturated heterocycles. The van der Waals surface area contributed by atoms with Crippen LogP contribution in [0, 0.1) is 0 Å². The molecule has 0 aliphatic rings. The second-order valence-electron chi connectivity index (χ2n) is 4.07. The van der Waals surface area contributed by atoms with Crippen molar-refractivity contribution in [1.82, 2.24) is 5.16 Å². The number of aromatic nitrogens is 1. The molecule has 0 aliphatic heterocycles. The fourth-order valence-electron chi connectivity index (χ4n) is 1.58. The molecule has 0 amide bonds. The molecule has 1 heterocycles. The lowest BCUT2D eigenvalue weighted by molar-refractivity contribution is 0.293. The second-order valence-corrected chi connectivity index (χ2v) is 5.83. The Morgan fingerprint density at radius 2 is 2.00 bits per heavy atom. The maximum Gasteiger partial charge on any atom is 0.267 e. The van der Waals surface area contributed by atoms with Crippen molar-refractivity contribution >= 4 is 10.1 Å². The van der Waals surface area contributed by atoms with Gasteiger partial charge in [-0.3, -0.25) is 4.18 Å². The third kappa shape index (κ3) is 3.90. The van der Waals surface area contributed by atoms with E-state index in [2.05, 4.69) is 5.16 Å². The van der Waals surface area contributed by atoms with Gasteiger partial charge in [-0.25, -0.2) is 0 Å². The minimum atomic E-state index is -3.47. The van der Waals surface area contributed by atoms with Crippen molar-refractivity contribution in [3.8, 4) is 11.3 Å². The minimum Gasteiger partial charge on any atom is -0.356 e. The zero-order valence-corrected chi connectivity index (χ0v) is 11.4. The van der Waals surface area contributed by atoms with Gasteiger partial charge in [-0.1, -0.05) is 42.4 Å². The van der Waals surface area contributed by atoms with Crippen molar-refractivity contribution in [1.29, 1.82) is 0 Å². The predicted octanol–water partition coefficient (Wildman–Crippen LogP) is 2.60. The van der Waals surface area contributed by atoms with Crippen LogP contribution in [0.3, 0.4) is 0 Å². The molecule has 2 rings (SSSR count). The molecule has 5 nitrogen and oxygen atoms in total. The van der Waals surface area contributed by atoms with Gasteiger partial charge in [0.15, 0.2) is 5.76 Å². The quantitative estimate of drug-likeness (QED) is 0.761. The fraction of sp³-hybridized carbons (Fsp3) is 0.308. The standard InChI is InChI=1S/C13H15NO4S/c1-2-8-19(15,16)17-10-12-9-13(18-14-12)11-6-4-3-5-7-11/h3-7,9H,2,8,10H2,1H3. The number of hydrogen-bond acceptors (Lipinski definition) is 5. The Hall–Kier alpha value is -1.66. The van der Waals surface area contributed by atoms with Gasteiger partial charge in [-0.2, -0.15) is 8.42 Å². The Labute approximate surface area is 112 Å². The molecule has 0 fully saturated rings. The fourth-order valence-corrected chi connectivity index (χ4v) is 2.50. The van der Waals surface area contributed by atoms with Crippen LogP contribution in [0.15, 0.2) is 40.9 Å². The first-order valence-electron chi connectivity index (χ1n) is 5.99. The summed E-state index contributed by atoms with van der Waals surface area (Å²) in [4.78, 5) is 0. The molecule has 0 atom stereocenters. The van der Waals surface area contributed by atoms with Crippen LogP contribution in [0.2, 0.25) is 0 Å². The lowest BCUT2D eigenvalue weighted by Gasteiger charge is -2.00. The van der Waals surface area contributed by atoms with Crippen LogP contribution < -0.4 is 0 Å². The summed E-state index contributed by atoms with van der Waals surface area (Å²) >= 11 is 0. The van der Waals surface area contributed by atoms with Crippen LogP contribution in [0.5, 0.6) is 0 Å². The summed E-state index contributed by atoms with van der Waals surface area (Å²) in [6, 6.07) is 11.1. The van der Waals surface area contributed by atoms with Crippen LogP contribution in [-0.4, -0.2) is 19.3 Å². The van der Waals surface area contributed by atoms with E-state index in [9.17, 15) is 8.42 Å². The monoisotopic (exact) mass is 281 g/mol. The molecule has 0 unspecified atom stereocenters.